The van der Waals surface area contributed by atoms with E-state index in [1.54, 1.807) is 6.33 Å². The number of anilines is 2. The highest BCUT2D eigenvalue weighted by Crippen LogP contribution is 2.26. The average molecular weight is 356 g/mol. The predicted octanol–water partition coefficient (Wildman–Crippen LogP) is 3.69. The maximum absolute atomic E-state index is 12.1. The molecule has 0 radical (unpaired) electrons. The van der Waals surface area contributed by atoms with Gasteiger partial charge in [0.05, 0.1) is 5.75 Å². The molecule has 1 N–H and O–H groups in total. The molecule has 0 bridgehead atoms. The topological polar surface area (TPSA) is 58.1 Å². The minimum atomic E-state index is -0.0309. The van der Waals surface area contributed by atoms with Crippen LogP contribution in [0.5, 0.6) is 0 Å². The first-order valence-corrected chi connectivity index (χ1v) is 9.63. The summed E-state index contributed by atoms with van der Waals surface area (Å²) in [6.45, 7) is 6.63. The van der Waals surface area contributed by atoms with Gasteiger partial charge in [-0.25, -0.2) is 9.97 Å². The number of aromatic nitrogens is 2. The van der Waals surface area contributed by atoms with E-state index in [0.717, 1.165) is 29.6 Å². The highest BCUT2D eigenvalue weighted by molar-refractivity contribution is 7.99. The molecule has 1 aromatic heterocycles. The van der Waals surface area contributed by atoms with Crippen LogP contribution in [-0.2, 0) is 4.79 Å². The standard InChI is InChI=1S/C19H24N4OS/c1-14-8-15(2)11-23(10-14)17-9-19(21-13-20-17)25-12-18(24)22-16-6-4-3-5-7-16/h3-7,9,13-15H,8,10-12H2,1-2H3,(H,22,24)/t14-,15-/m0/s1. The number of benzene rings is 1. The van der Waals surface area contributed by atoms with Crippen molar-refractivity contribution >= 4 is 29.2 Å². The fourth-order valence-corrected chi connectivity index (χ4v) is 3.95. The zero-order chi connectivity index (χ0) is 17.6. The van der Waals surface area contributed by atoms with E-state index in [2.05, 4.69) is 34.0 Å². The monoisotopic (exact) mass is 356 g/mol. The van der Waals surface area contributed by atoms with E-state index in [1.807, 2.05) is 36.4 Å². The molecule has 0 unspecified atom stereocenters. The van der Waals surface area contributed by atoms with Gasteiger partial charge in [-0.1, -0.05) is 43.8 Å². The number of nitrogens with zero attached hydrogens (tertiary/aromatic N) is 3. The van der Waals surface area contributed by atoms with E-state index >= 15 is 0 Å². The molecule has 0 saturated carbocycles. The number of carbonyl (C=O) groups excluding carboxylic acids is 1. The molecule has 5 nitrogen and oxygen atoms in total. The number of carbonyl (C=O) groups is 1. The van der Waals surface area contributed by atoms with Crippen molar-refractivity contribution in [2.45, 2.75) is 25.3 Å². The van der Waals surface area contributed by atoms with Crippen molar-refractivity contribution < 1.29 is 4.79 Å². The first-order chi connectivity index (χ1) is 12.1. The second-order valence-electron chi connectivity index (χ2n) is 6.77. The van der Waals surface area contributed by atoms with Crippen molar-refractivity contribution in [2.75, 3.05) is 29.1 Å². The smallest absolute Gasteiger partial charge is 0.234 e. The summed E-state index contributed by atoms with van der Waals surface area (Å²) in [6.07, 6.45) is 2.86. The Morgan fingerprint density at radius 3 is 2.64 bits per heavy atom. The lowest BCUT2D eigenvalue weighted by Gasteiger charge is -2.35. The van der Waals surface area contributed by atoms with Crippen molar-refractivity contribution in [3.05, 3.63) is 42.7 Å². The Morgan fingerprint density at radius 2 is 1.92 bits per heavy atom. The second kappa shape index (κ2) is 8.34. The van der Waals surface area contributed by atoms with Crippen LogP contribution in [0.1, 0.15) is 20.3 Å². The molecule has 0 aliphatic carbocycles. The van der Waals surface area contributed by atoms with Crippen LogP contribution in [0.15, 0.2) is 47.8 Å². The number of nitrogens with one attached hydrogen (secondary N) is 1. The van der Waals surface area contributed by atoms with E-state index in [4.69, 9.17) is 0 Å². The molecule has 1 aromatic carbocycles. The highest BCUT2D eigenvalue weighted by atomic mass is 32.2. The van der Waals surface area contributed by atoms with Gasteiger partial charge in [-0.05, 0) is 30.4 Å². The van der Waals surface area contributed by atoms with Crippen LogP contribution >= 0.6 is 11.8 Å². The van der Waals surface area contributed by atoms with E-state index in [-0.39, 0.29) is 5.91 Å². The fourth-order valence-electron chi connectivity index (χ4n) is 3.29. The summed E-state index contributed by atoms with van der Waals surface area (Å²) < 4.78 is 0. The van der Waals surface area contributed by atoms with Gasteiger partial charge in [-0.3, -0.25) is 4.79 Å². The molecule has 25 heavy (non-hydrogen) atoms. The Kier molecular flexibility index (Phi) is 5.91. The zero-order valence-electron chi connectivity index (χ0n) is 14.7. The second-order valence-corrected chi connectivity index (χ2v) is 7.76. The van der Waals surface area contributed by atoms with E-state index < -0.39 is 0 Å². The molecule has 1 aliphatic rings. The molecule has 3 rings (SSSR count). The Morgan fingerprint density at radius 1 is 1.20 bits per heavy atom. The van der Waals surface area contributed by atoms with E-state index in [0.29, 0.717) is 17.6 Å². The molecule has 1 fully saturated rings. The summed E-state index contributed by atoms with van der Waals surface area (Å²) in [5.41, 5.74) is 0.813. The number of thioether (sulfide) groups is 1. The quantitative estimate of drug-likeness (QED) is 0.654. The summed E-state index contributed by atoms with van der Waals surface area (Å²) in [4.78, 5) is 23.1. The van der Waals surface area contributed by atoms with Crippen molar-refractivity contribution in [1.29, 1.82) is 0 Å². The Bertz CT molecular complexity index is 700. The molecule has 1 aliphatic heterocycles. The Hall–Kier alpha value is -2.08. The van der Waals surface area contributed by atoms with Gasteiger partial charge in [0.25, 0.3) is 0 Å². The maximum atomic E-state index is 12.1. The number of hydrogen-bond donors (Lipinski definition) is 1. The molecule has 1 saturated heterocycles. The molecule has 2 aromatic rings. The lowest BCUT2D eigenvalue weighted by Crippen LogP contribution is -2.39. The van der Waals surface area contributed by atoms with Crippen LogP contribution in [0.2, 0.25) is 0 Å². The zero-order valence-corrected chi connectivity index (χ0v) is 15.5. The van der Waals surface area contributed by atoms with Crippen molar-refractivity contribution in [1.82, 2.24) is 9.97 Å². The first kappa shape index (κ1) is 17.7. The number of rotatable bonds is 5. The molecular formula is C19H24N4OS. The van der Waals surface area contributed by atoms with Crippen LogP contribution in [0.3, 0.4) is 0 Å². The number of piperidine rings is 1. The van der Waals surface area contributed by atoms with E-state index in [1.165, 1.54) is 18.2 Å². The van der Waals surface area contributed by atoms with Gasteiger partial charge < -0.3 is 10.2 Å². The summed E-state index contributed by atoms with van der Waals surface area (Å²) in [5, 5.41) is 3.72. The minimum absolute atomic E-state index is 0.0309. The third kappa shape index (κ3) is 5.19. The minimum Gasteiger partial charge on any atom is -0.356 e. The number of para-hydroxylation sites is 1. The molecule has 2 heterocycles. The van der Waals surface area contributed by atoms with Crippen molar-refractivity contribution in [3.8, 4) is 0 Å². The molecule has 1 amide bonds. The number of amides is 1. The van der Waals surface area contributed by atoms with Crippen LogP contribution in [0.4, 0.5) is 11.5 Å². The van der Waals surface area contributed by atoms with Crippen molar-refractivity contribution in [2.24, 2.45) is 11.8 Å². The van der Waals surface area contributed by atoms with Gasteiger partial charge in [0.2, 0.25) is 5.91 Å². The lowest BCUT2D eigenvalue weighted by atomic mass is 9.92. The highest BCUT2D eigenvalue weighted by Gasteiger charge is 2.23. The maximum Gasteiger partial charge on any atom is 0.234 e. The molecule has 132 valence electrons. The largest absolute Gasteiger partial charge is 0.356 e. The first-order valence-electron chi connectivity index (χ1n) is 8.65. The summed E-state index contributed by atoms with van der Waals surface area (Å²) in [6, 6.07) is 11.5. The van der Waals surface area contributed by atoms with Gasteiger partial charge in [0, 0.05) is 24.8 Å². The third-order valence-corrected chi connectivity index (χ3v) is 5.15. The normalized spacial score (nSPS) is 20.3. The van der Waals surface area contributed by atoms with Gasteiger partial charge in [-0.15, -0.1) is 0 Å². The van der Waals surface area contributed by atoms with Gasteiger partial charge in [0.15, 0.2) is 0 Å². The van der Waals surface area contributed by atoms with Crippen LogP contribution in [0, 0.1) is 11.8 Å². The van der Waals surface area contributed by atoms with Crippen LogP contribution in [-0.4, -0.2) is 34.7 Å². The summed E-state index contributed by atoms with van der Waals surface area (Å²) in [5.74, 6) is 2.60. The summed E-state index contributed by atoms with van der Waals surface area (Å²) in [7, 11) is 0. The van der Waals surface area contributed by atoms with Gasteiger partial charge in [-0.2, -0.15) is 0 Å². The molecular weight excluding hydrogens is 332 g/mol. The van der Waals surface area contributed by atoms with Crippen LogP contribution < -0.4 is 10.2 Å². The Balaban J connectivity index is 1.57. The molecule has 2 atom stereocenters. The average Bonchev–Trinajstić information content (AvgIpc) is 2.60. The lowest BCUT2D eigenvalue weighted by molar-refractivity contribution is -0.113. The molecule has 0 spiro atoms. The number of hydrogen-bond acceptors (Lipinski definition) is 5. The Labute approximate surface area is 153 Å². The van der Waals surface area contributed by atoms with E-state index in [9.17, 15) is 4.79 Å². The SMILES string of the molecule is C[C@H]1C[C@H](C)CN(c2cc(SCC(=O)Nc3ccccc3)ncn2)C1. The predicted molar refractivity (Wildman–Crippen MR) is 103 cm³/mol. The van der Waals surface area contributed by atoms with Crippen LogP contribution in [0.25, 0.3) is 0 Å². The molecule has 6 heteroatoms. The van der Waals surface area contributed by atoms with Gasteiger partial charge >= 0.3 is 0 Å². The van der Waals surface area contributed by atoms with Crippen molar-refractivity contribution in [3.63, 3.8) is 0 Å². The third-order valence-electron chi connectivity index (χ3n) is 4.23. The summed E-state index contributed by atoms with van der Waals surface area (Å²) >= 11 is 1.44. The van der Waals surface area contributed by atoms with Gasteiger partial charge in [0.1, 0.15) is 17.2 Å². The fraction of sp³-hybridized carbons (Fsp3) is 0.421.